The molecule has 0 aliphatic carbocycles. The highest BCUT2D eigenvalue weighted by molar-refractivity contribution is 7.80. The topological polar surface area (TPSA) is 112 Å². The summed E-state index contributed by atoms with van der Waals surface area (Å²) in [7, 11) is 0. The number of fused-ring (bicyclic) bond motifs is 1. The van der Waals surface area contributed by atoms with Crippen LogP contribution in [-0.4, -0.2) is 37.2 Å². The van der Waals surface area contributed by atoms with E-state index >= 15 is 0 Å². The third-order valence-corrected chi connectivity index (χ3v) is 3.02. The first-order valence-electron chi connectivity index (χ1n) is 5.13. The molecule has 18 heavy (non-hydrogen) atoms. The number of hydrogen-bond acceptors (Lipinski definition) is 6. The molecule has 0 spiro atoms. The van der Waals surface area contributed by atoms with Crippen molar-refractivity contribution in [2.45, 2.75) is 12.2 Å². The number of aliphatic hydroxyl groups is 2. The fourth-order valence-corrected chi connectivity index (χ4v) is 1.90. The molecule has 7 nitrogen and oxygen atoms in total. The van der Waals surface area contributed by atoms with Gasteiger partial charge >= 0.3 is 0 Å². The fraction of sp³-hybridized carbons (Fsp3) is 0.300. The molecule has 0 saturated heterocycles. The number of aromatic nitrogens is 2. The van der Waals surface area contributed by atoms with Crippen molar-refractivity contribution in [2.24, 2.45) is 0 Å². The molecule has 8 heteroatoms. The molecular weight excluding hydrogens is 258 g/mol. The van der Waals surface area contributed by atoms with Crippen LogP contribution in [-0.2, 0) is 0 Å². The summed E-state index contributed by atoms with van der Waals surface area (Å²) in [5.41, 5.74) is 0.520. The number of aliphatic hydroxyl groups excluding tert-OH is 2. The number of nitro benzene ring substituents is 1. The van der Waals surface area contributed by atoms with Crippen molar-refractivity contribution in [3.63, 3.8) is 0 Å². The van der Waals surface area contributed by atoms with Crippen molar-refractivity contribution in [3.8, 4) is 0 Å². The van der Waals surface area contributed by atoms with Gasteiger partial charge in [-0.25, -0.2) is 0 Å². The summed E-state index contributed by atoms with van der Waals surface area (Å²) in [6.07, 6.45) is -0.971. The highest BCUT2D eigenvalue weighted by Crippen LogP contribution is 2.29. The van der Waals surface area contributed by atoms with Crippen molar-refractivity contribution < 1.29 is 15.1 Å². The Kier molecular flexibility index (Phi) is 3.50. The Morgan fingerprint density at radius 2 is 2.22 bits per heavy atom. The van der Waals surface area contributed by atoms with Gasteiger partial charge in [-0.05, 0) is 11.6 Å². The number of aromatic amines is 1. The predicted molar refractivity (Wildman–Crippen MR) is 67.6 cm³/mol. The Balaban J connectivity index is 2.55. The lowest BCUT2D eigenvalue weighted by Gasteiger charge is -2.15. The highest BCUT2D eigenvalue weighted by Gasteiger charge is 2.22. The third kappa shape index (κ3) is 2.17. The number of rotatable bonds is 4. The van der Waals surface area contributed by atoms with Crippen LogP contribution in [0.3, 0.4) is 0 Å². The van der Waals surface area contributed by atoms with Crippen LogP contribution in [0, 0.1) is 10.1 Å². The molecule has 0 fully saturated rings. The molecule has 0 aliphatic rings. The number of nitrogens with zero attached hydrogens (tertiary/aromatic N) is 2. The zero-order chi connectivity index (χ0) is 13.3. The van der Waals surface area contributed by atoms with Crippen LogP contribution in [0.4, 0.5) is 5.69 Å². The second-order valence-electron chi connectivity index (χ2n) is 3.82. The van der Waals surface area contributed by atoms with Gasteiger partial charge in [0, 0.05) is 11.8 Å². The summed E-state index contributed by atoms with van der Waals surface area (Å²) < 4.78 is 0. The number of H-pyrrole nitrogens is 1. The zero-order valence-electron chi connectivity index (χ0n) is 9.15. The van der Waals surface area contributed by atoms with Gasteiger partial charge in [0.1, 0.15) is 6.10 Å². The van der Waals surface area contributed by atoms with Gasteiger partial charge in [-0.1, -0.05) is 0 Å². The lowest BCUT2D eigenvalue weighted by molar-refractivity contribution is -0.383. The van der Waals surface area contributed by atoms with Crippen molar-refractivity contribution in [2.75, 3.05) is 5.75 Å². The van der Waals surface area contributed by atoms with Crippen molar-refractivity contribution in [1.82, 2.24) is 10.2 Å². The average Bonchev–Trinajstić information content (AvgIpc) is 2.83. The maximum absolute atomic E-state index is 10.9. The van der Waals surface area contributed by atoms with Gasteiger partial charge in [-0.2, -0.15) is 17.7 Å². The van der Waals surface area contributed by atoms with Crippen LogP contribution in [0.15, 0.2) is 18.3 Å². The molecule has 0 radical (unpaired) electrons. The second kappa shape index (κ2) is 4.92. The number of non-ortho nitro benzene ring substituents is 1. The summed E-state index contributed by atoms with van der Waals surface area (Å²) in [6, 6.07) is 2.75. The Labute approximate surface area is 107 Å². The number of nitro groups is 1. The van der Waals surface area contributed by atoms with Crippen LogP contribution in [0.1, 0.15) is 11.7 Å². The number of benzene rings is 1. The largest absolute Gasteiger partial charge is 0.389 e. The monoisotopic (exact) mass is 269 g/mol. The Morgan fingerprint density at radius 3 is 2.83 bits per heavy atom. The standard InChI is InChI=1S/C10H11N3O4S/c14-9(4-18)10(15)5-1-7-6(3-11-12-7)8(2-5)13(16)17/h1-3,9-10,14-15,18H,4H2,(H,11,12). The highest BCUT2D eigenvalue weighted by atomic mass is 32.1. The molecule has 2 atom stereocenters. The molecule has 2 unspecified atom stereocenters. The van der Waals surface area contributed by atoms with E-state index in [1.54, 1.807) is 0 Å². The van der Waals surface area contributed by atoms with Gasteiger partial charge in [-0.15, -0.1) is 0 Å². The van der Waals surface area contributed by atoms with Gasteiger partial charge in [0.2, 0.25) is 0 Å². The molecular formula is C10H11N3O4S. The molecule has 3 N–H and O–H groups in total. The van der Waals surface area contributed by atoms with Gasteiger partial charge < -0.3 is 10.2 Å². The van der Waals surface area contributed by atoms with E-state index in [-0.39, 0.29) is 17.0 Å². The van der Waals surface area contributed by atoms with E-state index < -0.39 is 17.1 Å². The lowest BCUT2D eigenvalue weighted by Crippen LogP contribution is -2.19. The van der Waals surface area contributed by atoms with E-state index in [2.05, 4.69) is 22.8 Å². The molecule has 2 rings (SSSR count). The minimum absolute atomic E-state index is 0.0516. The van der Waals surface area contributed by atoms with Gasteiger partial charge in [0.15, 0.2) is 0 Å². The second-order valence-corrected chi connectivity index (χ2v) is 4.19. The molecule has 96 valence electrons. The molecule has 0 amide bonds. The first kappa shape index (κ1) is 12.8. The third-order valence-electron chi connectivity index (χ3n) is 2.65. The van der Waals surface area contributed by atoms with Gasteiger partial charge in [0.05, 0.1) is 28.1 Å². The Hall–Kier alpha value is -1.64. The normalized spacial score (nSPS) is 14.6. The van der Waals surface area contributed by atoms with Gasteiger partial charge in [-0.3, -0.25) is 15.2 Å². The SMILES string of the molecule is O=[N+]([O-])c1cc(C(O)C(O)CS)cc2[nH]ncc12. The van der Waals surface area contributed by atoms with Crippen LogP contribution >= 0.6 is 12.6 Å². The molecule has 1 heterocycles. The number of thiol groups is 1. The number of nitrogens with one attached hydrogen (secondary N) is 1. The summed E-state index contributed by atoms with van der Waals surface area (Å²) >= 11 is 3.87. The molecule has 1 aromatic heterocycles. The summed E-state index contributed by atoms with van der Waals surface area (Å²) in [6.45, 7) is 0. The van der Waals surface area contributed by atoms with Crippen molar-refractivity contribution in [3.05, 3.63) is 34.0 Å². The van der Waals surface area contributed by atoms with Crippen LogP contribution in [0.5, 0.6) is 0 Å². The maximum Gasteiger partial charge on any atom is 0.280 e. The molecule has 0 saturated carbocycles. The predicted octanol–water partition coefficient (Wildman–Crippen LogP) is 0.795. The lowest BCUT2D eigenvalue weighted by atomic mass is 10.0. The summed E-state index contributed by atoms with van der Waals surface area (Å²) in [5, 5.41) is 37.0. The van der Waals surface area contributed by atoms with Crippen LogP contribution < -0.4 is 0 Å². The summed E-state index contributed by atoms with van der Waals surface area (Å²) in [5.74, 6) is 0.0516. The quantitative estimate of drug-likeness (QED) is 0.372. The summed E-state index contributed by atoms with van der Waals surface area (Å²) in [4.78, 5) is 10.4. The minimum atomic E-state index is -1.23. The smallest absolute Gasteiger partial charge is 0.280 e. The Bertz CT molecular complexity index is 586. The number of hydrogen-bond donors (Lipinski definition) is 4. The van der Waals surface area contributed by atoms with Gasteiger partial charge in [0.25, 0.3) is 5.69 Å². The van der Waals surface area contributed by atoms with Crippen molar-refractivity contribution >= 4 is 29.2 Å². The first-order chi connectivity index (χ1) is 8.54. The van der Waals surface area contributed by atoms with Crippen LogP contribution in [0.25, 0.3) is 10.9 Å². The molecule has 2 aromatic rings. The molecule has 0 bridgehead atoms. The first-order valence-corrected chi connectivity index (χ1v) is 5.76. The van der Waals surface area contributed by atoms with E-state index in [1.165, 1.54) is 18.3 Å². The van der Waals surface area contributed by atoms with E-state index in [1.807, 2.05) is 0 Å². The van der Waals surface area contributed by atoms with Crippen molar-refractivity contribution in [1.29, 1.82) is 0 Å². The average molecular weight is 269 g/mol. The molecule has 0 aliphatic heterocycles. The van der Waals surface area contributed by atoms with E-state index in [0.29, 0.717) is 10.9 Å². The van der Waals surface area contributed by atoms with E-state index in [0.717, 1.165) is 0 Å². The molecule has 1 aromatic carbocycles. The zero-order valence-corrected chi connectivity index (χ0v) is 10.0. The van der Waals surface area contributed by atoms with E-state index in [4.69, 9.17) is 0 Å². The van der Waals surface area contributed by atoms with Crippen LogP contribution in [0.2, 0.25) is 0 Å². The maximum atomic E-state index is 10.9. The minimum Gasteiger partial charge on any atom is -0.389 e. The fourth-order valence-electron chi connectivity index (χ4n) is 1.70. The Morgan fingerprint density at radius 1 is 1.50 bits per heavy atom. The van der Waals surface area contributed by atoms with E-state index in [9.17, 15) is 20.3 Å².